The van der Waals surface area contributed by atoms with Gasteiger partial charge in [0.1, 0.15) is 23.4 Å². The molecule has 4 aliphatic rings. The zero-order valence-electron chi connectivity index (χ0n) is 19.5. The summed E-state index contributed by atoms with van der Waals surface area (Å²) in [6, 6.07) is 12.0. The monoisotopic (exact) mass is 476 g/mol. The van der Waals surface area contributed by atoms with Crippen LogP contribution in [-0.2, 0) is 19.2 Å². The molecule has 35 heavy (non-hydrogen) atoms. The molecular formula is C26H24N2O7. The number of carbonyl (C=O) groups excluding carboxylic acids is 3. The Morgan fingerprint density at radius 3 is 2.29 bits per heavy atom. The normalized spacial score (nSPS) is 30.0. The first-order valence-corrected chi connectivity index (χ1v) is 11.5. The fourth-order valence-electron chi connectivity index (χ4n) is 6.44. The third kappa shape index (κ3) is 3.07. The molecule has 2 amide bonds. The minimum Gasteiger partial charge on any atom is -0.497 e. The number of methoxy groups -OCH3 is 2. The first-order chi connectivity index (χ1) is 16.9. The lowest BCUT2D eigenvalue weighted by Gasteiger charge is -2.30. The molecule has 0 spiro atoms. The van der Waals surface area contributed by atoms with Crippen molar-refractivity contribution in [2.24, 2.45) is 34.7 Å². The molecule has 0 radical (unpaired) electrons. The molecule has 2 aromatic carbocycles. The molecule has 2 aliphatic heterocycles. The Morgan fingerprint density at radius 2 is 1.63 bits per heavy atom. The van der Waals surface area contributed by atoms with Crippen LogP contribution in [0.25, 0.3) is 0 Å². The van der Waals surface area contributed by atoms with E-state index in [4.69, 9.17) is 19.0 Å². The molecule has 6 rings (SSSR count). The molecule has 0 unspecified atom stereocenters. The summed E-state index contributed by atoms with van der Waals surface area (Å²) in [5.41, 5.74) is 2.03. The highest BCUT2D eigenvalue weighted by Crippen LogP contribution is 2.62. The predicted octanol–water partition coefficient (Wildman–Crippen LogP) is 2.80. The van der Waals surface area contributed by atoms with E-state index < -0.39 is 17.8 Å². The summed E-state index contributed by atoms with van der Waals surface area (Å²) in [6.45, 7) is 1.32. The maximum atomic E-state index is 13.6. The van der Waals surface area contributed by atoms with E-state index >= 15 is 0 Å². The number of hydrogen-bond acceptors (Lipinski definition) is 8. The maximum absolute atomic E-state index is 13.6. The fourth-order valence-corrected chi connectivity index (χ4v) is 6.44. The third-order valence-electron chi connectivity index (χ3n) is 7.73. The summed E-state index contributed by atoms with van der Waals surface area (Å²) in [4.78, 5) is 45.4. The molecule has 1 saturated heterocycles. The Balaban J connectivity index is 1.30. The van der Waals surface area contributed by atoms with E-state index in [1.54, 1.807) is 44.6 Å². The Hall–Kier alpha value is -3.88. The second-order valence-corrected chi connectivity index (χ2v) is 9.35. The molecule has 2 bridgehead atoms. The lowest BCUT2D eigenvalue weighted by atomic mass is 9.71. The first-order valence-electron chi connectivity index (χ1n) is 11.5. The van der Waals surface area contributed by atoms with Crippen LogP contribution in [0.3, 0.4) is 0 Å². The van der Waals surface area contributed by atoms with Crippen LogP contribution in [0.1, 0.15) is 18.9 Å². The van der Waals surface area contributed by atoms with Crippen LogP contribution in [0, 0.1) is 29.6 Å². The number of esters is 1. The molecule has 2 aliphatic carbocycles. The first kappa shape index (κ1) is 21.6. The van der Waals surface area contributed by atoms with Crippen LogP contribution in [-0.4, -0.2) is 43.8 Å². The van der Waals surface area contributed by atoms with Crippen molar-refractivity contribution in [1.82, 2.24) is 0 Å². The van der Waals surface area contributed by atoms with E-state index in [1.165, 1.54) is 11.8 Å². The molecule has 180 valence electrons. The zero-order chi connectivity index (χ0) is 24.4. The van der Waals surface area contributed by atoms with Crippen LogP contribution in [0.5, 0.6) is 17.2 Å². The van der Waals surface area contributed by atoms with E-state index in [-0.39, 0.29) is 35.7 Å². The van der Waals surface area contributed by atoms with Crippen LogP contribution in [0.15, 0.2) is 47.6 Å². The van der Waals surface area contributed by atoms with E-state index in [1.807, 2.05) is 12.1 Å². The minimum atomic E-state index is -0.435. The zero-order valence-corrected chi connectivity index (χ0v) is 19.5. The van der Waals surface area contributed by atoms with Gasteiger partial charge in [0, 0.05) is 30.4 Å². The number of benzene rings is 2. The summed E-state index contributed by atoms with van der Waals surface area (Å²) in [5.74, 6) is -0.251. The Morgan fingerprint density at radius 1 is 0.943 bits per heavy atom. The van der Waals surface area contributed by atoms with Crippen LogP contribution < -0.4 is 19.1 Å². The van der Waals surface area contributed by atoms with Gasteiger partial charge in [0.05, 0.1) is 37.5 Å². The van der Waals surface area contributed by atoms with E-state index in [0.717, 1.165) is 17.7 Å². The van der Waals surface area contributed by atoms with Crippen molar-refractivity contribution in [3.05, 3.63) is 48.0 Å². The Labute approximate surface area is 201 Å². The molecule has 2 saturated carbocycles. The molecule has 3 fully saturated rings. The average molecular weight is 476 g/mol. The highest BCUT2D eigenvalue weighted by Gasteiger charge is 2.70. The van der Waals surface area contributed by atoms with Crippen molar-refractivity contribution >= 4 is 29.2 Å². The van der Waals surface area contributed by atoms with Crippen molar-refractivity contribution in [2.45, 2.75) is 19.4 Å². The largest absolute Gasteiger partial charge is 0.497 e. The summed E-state index contributed by atoms with van der Waals surface area (Å²) in [5, 5.41) is 4.40. The topological polar surface area (TPSA) is 104 Å². The number of rotatable bonds is 5. The number of imide groups is 1. The average Bonchev–Trinajstić information content (AvgIpc) is 3.59. The number of hydrogen-bond donors (Lipinski definition) is 0. The van der Waals surface area contributed by atoms with E-state index in [0.29, 0.717) is 22.9 Å². The van der Waals surface area contributed by atoms with Crippen LogP contribution >= 0.6 is 0 Å². The van der Waals surface area contributed by atoms with Gasteiger partial charge in [-0.2, -0.15) is 0 Å². The van der Waals surface area contributed by atoms with Crippen molar-refractivity contribution < 1.29 is 33.4 Å². The summed E-state index contributed by atoms with van der Waals surface area (Å²) in [7, 11) is 3.18. The highest BCUT2D eigenvalue weighted by molar-refractivity contribution is 6.23. The lowest BCUT2D eigenvalue weighted by Crippen LogP contribution is -2.41. The predicted molar refractivity (Wildman–Crippen MR) is 123 cm³/mol. The molecular weight excluding hydrogens is 452 g/mol. The van der Waals surface area contributed by atoms with Gasteiger partial charge in [-0.3, -0.25) is 19.3 Å². The van der Waals surface area contributed by atoms with Gasteiger partial charge in [0.15, 0.2) is 0 Å². The summed E-state index contributed by atoms with van der Waals surface area (Å²) >= 11 is 0. The summed E-state index contributed by atoms with van der Waals surface area (Å²) in [6.07, 6.45) is 0.505. The van der Waals surface area contributed by atoms with Crippen molar-refractivity contribution in [2.75, 3.05) is 19.1 Å². The van der Waals surface area contributed by atoms with Gasteiger partial charge in [0.25, 0.3) is 0 Å². The van der Waals surface area contributed by atoms with Gasteiger partial charge < -0.3 is 19.0 Å². The number of oxime groups is 1. The van der Waals surface area contributed by atoms with Crippen LogP contribution in [0.4, 0.5) is 5.69 Å². The maximum Gasteiger partial charge on any atom is 0.308 e. The Kier molecular flexibility index (Phi) is 4.84. The quantitative estimate of drug-likeness (QED) is 0.371. The number of nitrogens with zero attached hydrogens (tertiary/aromatic N) is 2. The number of ether oxygens (including phenoxy) is 3. The van der Waals surface area contributed by atoms with E-state index in [9.17, 15) is 14.4 Å². The van der Waals surface area contributed by atoms with Crippen molar-refractivity contribution in [3.63, 3.8) is 0 Å². The lowest BCUT2D eigenvalue weighted by molar-refractivity contribution is -0.132. The SMILES string of the molecule is COc1ccc(C2=NO[C@@H]3[C@H]4C[C@@H]([C@H]23)[C@@H]2C(=O)N(c3ccc(OC(C)=O)cc3)C(=O)[C@H]42)c(OC)c1. The highest BCUT2D eigenvalue weighted by atomic mass is 16.6. The van der Waals surface area contributed by atoms with E-state index in [2.05, 4.69) is 5.16 Å². The standard InChI is InChI=1S/C26H24N2O7/c1-12(29)34-14-6-4-13(5-7-14)28-25(30)20-17-11-18(21(20)26(28)31)24-22(17)23(27-35-24)16-9-8-15(32-2)10-19(16)33-3/h4-10,17-18,20-22,24H,11H2,1-3H3/t17-,18+,20+,21-,22-,24-/m1/s1. The smallest absolute Gasteiger partial charge is 0.308 e. The van der Waals surface area contributed by atoms with Gasteiger partial charge >= 0.3 is 5.97 Å². The molecule has 0 aromatic heterocycles. The van der Waals surface area contributed by atoms with Crippen molar-refractivity contribution in [3.8, 4) is 17.2 Å². The second-order valence-electron chi connectivity index (χ2n) is 9.35. The van der Waals surface area contributed by atoms with Gasteiger partial charge in [-0.25, -0.2) is 0 Å². The minimum absolute atomic E-state index is 0.0511. The Bertz CT molecular complexity index is 1270. The van der Waals surface area contributed by atoms with Crippen LogP contribution in [0.2, 0.25) is 0 Å². The number of fused-ring (bicyclic) bond motifs is 8. The molecule has 2 heterocycles. The van der Waals surface area contributed by atoms with Crippen molar-refractivity contribution in [1.29, 1.82) is 0 Å². The molecule has 2 aromatic rings. The third-order valence-corrected chi connectivity index (χ3v) is 7.73. The van der Waals surface area contributed by atoms with Gasteiger partial charge in [-0.15, -0.1) is 0 Å². The van der Waals surface area contributed by atoms with Gasteiger partial charge in [-0.05, 0) is 48.7 Å². The molecule has 0 N–H and O–H groups in total. The fraction of sp³-hybridized carbons (Fsp3) is 0.385. The number of carbonyl (C=O) groups is 3. The van der Waals surface area contributed by atoms with Gasteiger partial charge in [-0.1, -0.05) is 5.16 Å². The molecule has 9 heteroatoms. The summed E-state index contributed by atoms with van der Waals surface area (Å²) < 4.78 is 16.0. The number of amides is 2. The second kappa shape index (κ2) is 7.83. The molecule has 9 nitrogen and oxygen atoms in total. The van der Waals surface area contributed by atoms with Gasteiger partial charge in [0.2, 0.25) is 11.8 Å². The molecule has 6 atom stereocenters. The number of anilines is 1.